The highest BCUT2D eigenvalue weighted by Gasteiger charge is 2.23. The molecule has 1 N–H and O–H groups in total. The van der Waals surface area contributed by atoms with Crippen LogP contribution in [0.2, 0.25) is 10.0 Å². The molecule has 0 unspecified atom stereocenters. The molecule has 6 nitrogen and oxygen atoms in total. The van der Waals surface area contributed by atoms with Gasteiger partial charge in [-0.05, 0) is 67.1 Å². The minimum absolute atomic E-state index is 0.101. The zero-order valence-electron chi connectivity index (χ0n) is 20.8. The first-order chi connectivity index (χ1) is 18.4. The Morgan fingerprint density at radius 2 is 1.74 bits per heavy atom. The Balaban J connectivity index is 1.49. The summed E-state index contributed by atoms with van der Waals surface area (Å²) >= 11 is 12.3. The molecule has 0 aliphatic rings. The van der Waals surface area contributed by atoms with Crippen molar-refractivity contribution in [2.75, 3.05) is 7.11 Å². The van der Waals surface area contributed by atoms with Crippen LogP contribution < -0.4 is 19.4 Å². The quantitative estimate of drug-likeness (QED) is 0.246. The van der Waals surface area contributed by atoms with Gasteiger partial charge in [0.1, 0.15) is 18.9 Å². The number of phenolic OH excluding ortho intramolecular Hbond substituents is 1. The van der Waals surface area contributed by atoms with Crippen LogP contribution in [0.25, 0.3) is 16.9 Å². The fourth-order valence-electron chi connectivity index (χ4n) is 4.47. The number of hydrogen-bond acceptors (Lipinski definition) is 4. The SMILES string of the molecule is COc1cc(Cn2c(=O)c(C)c(-c3ccc(O)cc3)[n+]3ccccc23)ccc1OCc1ccc(Cl)cc1Cl. The van der Waals surface area contributed by atoms with Crippen molar-refractivity contribution in [1.29, 1.82) is 0 Å². The van der Waals surface area contributed by atoms with E-state index in [1.54, 1.807) is 35.9 Å². The summed E-state index contributed by atoms with van der Waals surface area (Å²) in [6.45, 7) is 2.41. The second-order valence-electron chi connectivity index (χ2n) is 8.85. The lowest BCUT2D eigenvalue weighted by atomic mass is 10.1. The topological polar surface area (TPSA) is 64.8 Å². The Morgan fingerprint density at radius 3 is 2.47 bits per heavy atom. The highest BCUT2D eigenvalue weighted by Crippen LogP contribution is 2.31. The maximum Gasteiger partial charge on any atom is 0.341 e. The Hall–Kier alpha value is -4.00. The molecule has 0 saturated heterocycles. The molecule has 3 aromatic carbocycles. The van der Waals surface area contributed by atoms with Gasteiger partial charge in [-0.2, -0.15) is 8.97 Å². The molecular weight excluding hydrogens is 523 g/mol. The van der Waals surface area contributed by atoms with Gasteiger partial charge in [0.25, 0.3) is 5.65 Å². The molecule has 8 heteroatoms. The second kappa shape index (κ2) is 10.8. The maximum atomic E-state index is 13.6. The Kier molecular flexibility index (Phi) is 7.27. The molecule has 192 valence electrons. The van der Waals surface area contributed by atoms with Gasteiger partial charge in [0, 0.05) is 27.2 Å². The van der Waals surface area contributed by atoms with Crippen LogP contribution in [-0.2, 0) is 13.2 Å². The first kappa shape index (κ1) is 25.6. The van der Waals surface area contributed by atoms with E-state index >= 15 is 0 Å². The third-order valence-corrected chi connectivity index (χ3v) is 6.97. The number of rotatable bonds is 7. The zero-order chi connectivity index (χ0) is 26.8. The Labute approximate surface area is 229 Å². The molecule has 0 spiro atoms. The number of nitrogens with zero attached hydrogens (tertiary/aromatic N) is 2. The average Bonchev–Trinajstić information content (AvgIpc) is 2.92. The summed E-state index contributed by atoms with van der Waals surface area (Å²) in [7, 11) is 1.58. The summed E-state index contributed by atoms with van der Waals surface area (Å²) in [5.74, 6) is 1.29. The summed E-state index contributed by atoms with van der Waals surface area (Å²) in [5, 5.41) is 10.8. The smallest absolute Gasteiger partial charge is 0.341 e. The highest BCUT2D eigenvalue weighted by atomic mass is 35.5. The van der Waals surface area contributed by atoms with E-state index in [-0.39, 0.29) is 17.9 Å². The van der Waals surface area contributed by atoms with Crippen molar-refractivity contribution >= 4 is 28.8 Å². The largest absolute Gasteiger partial charge is 0.508 e. The van der Waals surface area contributed by atoms with E-state index in [0.717, 1.165) is 28.0 Å². The highest BCUT2D eigenvalue weighted by molar-refractivity contribution is 6.35. The minimum atomic E-state index is -0.101. The Bertz CT molecular complexity index is 1700. The molecule has 0 radical (unpaired) electrons. The summed E-state index contributed by atoms with van der Waals surface area (Å²) in [5.41, 5.74) is 4.55. The molecule has 0 fully saturated rings. The molecule has 5 aromatic rings. The van der Waals surface area contributed by atoms with Gasteiger partial charge < -0.3 is 14.6 Å². The lowest BCUT2D eigenvalue weighted by molar-refractivity contribution is -0.504. The molecule has 0 atom stereocenters. The van der Waals surface area contributed by atoms with E-state index in [1.165, 1.54) is 0 Å². The van der Waals surface area contributed by atoms with Crippen LogP contribution in [0, 0.1) is 6.92 Å². The van der Waals surface area contributed by atoms with Crippen molar-refractivity contribution in [2.24, 2.45) is 0 Å². The number of aromatic hydroxyl groups is 1. The number of aromatic nitrogens is 2. The number of benzene rings is 3. The van der Waals surface area contributed by atoms with Crippen LogP contribution in [0.3, 0.4) is 0 Å². The lowest BCUT2D eigenvalue weighted by Crippen LogP contribution is -2.38. The molecule has 2 aromatic heterocycles. The number of methoxy groups -OCH3 is 1. The van der Waals surface area contributed by atoms with Crippen LogP contribution in [0.15, 0.2) is 89.9 Å². The predicted octanol–water partition coefficient (Wildman–Crippen LogP) is 6.21. The van der Waals surface area contributed by atoms with E-state index in [2.05, 4.69) is 0 Å². The zero-order valence-corrected chi connectivity index (χ0v) is 22.3. The third kappa shape index (κ3) is 5.05. The molecule has 0 bridgehead atoms. The number of fused-ring (bicyclic) bond motifs is 1. The van der Waals surface area contributed by atoms with Crippen molar-refractivity contribution in [1.82, 2.24) is 4.57 Å². The molecule has 2 heterocycles. The van der Waals surface area contributed by atoms with E-state index in [1.807, 2.05) is 72.1 Å². The lowest BCUT2D eigenvalue weighted by Gasteiger charge is -2.14. The first-order valence-electron chi connectivity index (χ1n) is 11.9. The van der Waals surface area contributed by atoms with Crippen molar-refractivity contribution in [3.63, 3.8) is 0 Å². The van der Waals surface area contributed by atoms with Gasteiger partial charge in [0.2, 0.25) is 0 Å². The van der Waals surface area contributed by atoms with Gasteiger partial charge >= 0.3 is 5.56 Å². The first-order valence-corrected chi connectivity index (χ1v) is 12.7. The van der Waals surface area contributed by atoms with Crippen LogP contribution in [0.5, 0.6) is 17.2 Å². The number of halogens is 2. The summed E-state index contributed by atoms with van der Waals surface area (Å²) in [6, 6.07) is 23.5. The standard InChI is InChI=1S/C30H24Cl2N2O4/c1-19-29(21-8-11-24(35)12-9-21)33-14-4-3-5-28(33)34(30(19)36)17-20-6-13-26(27(15-20)37-2)38-18-22-7-10-23(31)16-25(22)32/h3-16H,17-18H2,1-2H3/p+1. The summed E-state index contributed by atoms with van der Waals surface area (Å²) in [6.07, 6.45) is 1.93. The van der Waals surface area contributed by atoms with Gasteiger partial charge in [0.05, 0.1) is 18.9 Å². The number of hydrogen-bond donors (Lipinski definition) is 1. The van der Waals surface area contributed by atoms with Crippen molar-refractivity contribution in [3.05, 3.63) is 122 Å². The maximum absolute atomic E-state index is 13.6. The summed E-state index contributed by atoms with van der Waals surface area (Å²) in [4.78, 5) is 13.6. The van der Waals surface area contributed by atoms with Crippen LogP contribution >= 0.6 is 23.2 Å². The van der Waals surface area contributed by atoms with Gasteiger partial charge in [-0.1, -0.05) is 41.4 Å². The number of phenols is 1. The summed E-state index contributed by atoms with van der Waals surface area (Å²) < 4.78 is 15.3. The average molecular weight is 548 g/mol. The van der Waals surface area contributed by atoms with E-state index in [0.29, 0.717) is 33.7 Å². The van der Waals surface area contributed by atoms with Crippen LogP contribution in [0.4, 0.5) is 0 Å². The van der Waals surface area contributed by atoms with E-state index < -0.39 is 0 Å². The van der Waals surface area contributed by atoms with Gasteiger partial charge in [-0.15, -0.1) is 0 Å². The fraction of sp³-hybridized carbons (Fsp3) is 0.133. The number of ether oxygens (including phenoxy) is 2. The molecule has 0 aliphatic carbocycles. The normalized spacial score (nSPS) is 11.1. The molecule has 0 aliphatic heterocycles. The predicted molar refractivity (Wildman–Crippen MR) is 149 cm³/mol. The Morgan fingerprint density at radius 1 is 0.947 bits per heavy atom. The second-order valence-corrected chi connectivity index (χ2v) is 9.69. The third-order valence-electron chi connectivity index (χ3n) is 6.38. The molecule has 0 amide bonds. The van der Waals surface area contributed by atoms with E-state index in [9.17, 15) is 9.90 Å². The molecule has 38 heavy (non-hydrogen) atoms. The molecule has 0 saturated carbocycles. The monoisotopic (exact) mass is 547 g/mol. The van der Waals surface area contributed by atoms with E-state index in [4.69, 9.17) is 32.7 Å². The van der Waals surface area contributed by atoms with Gasteiger partial charge in [0.15, 0.2) is 17.2 Å². The minimum Gasteiger partial charge on any atom is -0.508 e. The molecule has 5 rings (SSSR count). The van der Waals surface area contributed by atoms with Crippen molar-refractivity contribution in [3.8, 4) is 28.5 Å². The van der Waals surface area contributed by atoms with Gasteiger partial charge in [-0.3, -0.25) is 0 Å². The van der Waals surface area contributed by atoms with Crippen molar-refractivity contribution in [2.45, 2.75) is 20.1 Å². The van der Waals surface area contributed by atoms with Gasteiger partial charge in [-0.25, -0.2) is 4.79 Å². The number of pyridine rings is 1. The fourth-order valence-corrected chi connectivity index (χ4v) is 4.93. The molecular formula is C30H25Cl2N2O4+. The van der Waals surface area contributed by atoms with Crippen LogP contribution in [-0.4, -0.2) is 16.8 Å². The van der Waals surface area contributed by atoms with Crippen LogP contribution in [0.1, 0.15) is 16.7 Å². The van der Waals surface area contributed by atoms with Crippen molar-refractivity contribution < 1.29 is 19.0 Å².